The quantitative estimate of drug-likeness (QED) is 0.917. The normalized spacial score (nSPS) is 32.0. The van der Waals surface area contributed by atoms with Crippen LogP contribution in [0.4, 0.5) is 8.78 Å². The first kappa shape index (κ1) is 17.8. The van der Waals surface area contributed by atoms with Gasteiger partial charge in [-0.25, -0.2) is 8.78 Å². The smallest absolute Gasteiger partial charge is 0.123 e. The molecular weight excluding hydrogens is 310 g/mol. The molecule has 0 spiro atoms. The Morgan fingerprint density at radius 1 is 1.33 bits per heavy atom. The molecule has 0 bridgehead atoms. The first-order valence-electron chi connectivity index (χ1n) is 9.01. The summed E-state index contributed by atoms with van der Waals surface area (Å²) in [5, 5.41) is 0. The number of aryl methyl sites for hydroxylation is 1. The number of nitrogens with zero attached hydrogens (tertiary/aromatic N) is 1. The van der Waals surface area contributed by atoms with Crippen molar-refractivity contribution in [3.8, 4) is 0 Å². The van der Waals surface area contributed by atoms with E-state index < -0.39 is 12.2 Å². The van der Waals surface area contributed by atoms with Crippen molar-refractivity contribution in [2.45, 2.75) is 50.9 Å². The minimum atomic E-state index is -0.953. The van der Waals surface area contributed by atoms with E-state index in [1.165, 1.54) is 12.0 Å². The number of ether oxygens (including phenoxy) is 1. The summed E-state index contributed by atoms with van der Waals surface area (Å²) in [6.45, 7) is 5.13. The first-order valence-corrected chi connectivity index (χ1v) is 9.01. The number of nitrogens with two attached hydrogens (primary N) is 1. The Hall–Kier alpha value is -1.04. The molecule has 2 fully saturated rings. The van der Waals surface area contributed by atoms with Gasteiger partial charge in [-0.05, 0) is 61.9 Å². The molecule has 3 rings (SSSR count). The zero-order chi connectivity index (χ0) is 17.1. The third-order valence-corrected chi connectivity index (χ3v) is 5.43. The molecular formula is C19H28F2N2O. The summed E-state index contributed by atoms with van der Waals surface area (Å²) in [4.78, 5) is 2.36. The largest absolute Gasteiger partial charge is 0.375 e. The molecule has 4 atom stereocenters. The molecule has 3 nitrogen and oxygen atoms in total. The van der Waals surface area contributed by atoms with E-state index in [1.54, 1.807) is 12.1 Å². The van der Waals surface area contributed by atoms with Crippen molar-refractivity contribution < 1.29 is 13.5 Å². The molecule has 0 radical (unpaired) electrons. The van der Waals surface area contributed by atoms with Crippen molar-refractivity contribution in [3.05, 3.63) is 35.1 Å². The number of hydrogen-bond donors (Lipinski definition) is 1. The lowest BCUT2D eigenvalue weighted by Crippen LogP contribution is -2.54. The zero-order valence-electron chi connectivity index (χ0n) is 14.4. The number of alkyl halides is 1. The Balaban J connectivity index is 1.56. The zero-order valence-corrected chi connectivity index (χ0v) is 14.4. The molecule has 0 aliphatic carbocycles. The molecule has 1 aromatic carbocycles. The van der Waals surface area contributed by atoms with Crippen LogP contribution >= 0.6 is 0 Å². The second kappa shape index (κ2) is 7.89. The Kier molecular flexibility index (Phi) is 5.85. The summed E-state index contributed by atoms with van der Waals surface area (Å²) in [6, 6.07) is 4.53. The topological polar surface area (TPSA) is 38.5 Å². The molecule has 0 aromatic heterocycles. The highest BCUT2D eigenvalue weighted by atomic mass is 19.1. The number of likely N-dealkylation sites (tertiary alicyclic amines) is 1. The summed E-state index contributed by atoms with van der Waals surface area (Å²) in [5.41, 5.74) is 8.21. The van der Waals surface area contributed by atoms with Gasteiger partial charge in [-0.1, -0.05) is 6.07 Å². The molecule has 0 saturated carbocycles. The standard InChI is InChI=1S/C19H28F2N2O/c1-13-9-16(20)5-4-15(13)10-14-3-2-7-23(11-14)12-18-19(22)17(21)6-8-24-18/h4-5,9,14,17-19H,2-3,6-8,10-12,22H2,1H3/t14?,17-,18+,19+/m0/s1. The lowest BCUT2D eigenvalue weighted by Gasteiger charge is -2.39. The van der Waals surface area contributed by atoms with Gasteiger partial charge < -0.3 is 15.4 Å². The van der Waals surface area contributed by atoms with Crippen molar-refractivity contribution in [3.63, 3.8) is 0 Å². The van der Waals surface area contributed by atoms with E-state index in [0.29, 0.717) is 25.5 Å². The number of halogens is 2. The highest BCUT2D eigenvalue weighted by molar-refractivity contribution is 5.27. The van der Waals surface area contributed by atoms with E-state index in [-0.39, 0.29) is 11.9 Å². The Bertz CT molecular complexity index is 554. The van der Waals surface area contributed by atoms with E-state index in [1.807, 2.05) is 13.0 Å². The van der Waals surface area contributed by atoms with Crippen LogP contribution in [0.1, 0.15) is 30.4 Å². The minimum absolute atomic E-state index is 0.175. The predicted octanol–water partition coefficient (Wildman–Crippen LogP) is 2.84. The molecule has 2 heterocycles. The van der Waals surface area contributed by atoms with Gasteiger partial charge in [0.2, 0.25) is 0 Å². The van der Waals surface area contributed by atoms with Gasteiger partial charge in [0.05, 0.1) is 12.1 Å². The lowest BCUT2D eigenvalue weighted by atomic mass is 9.89. The predicted molar refractivity (Wildman–Crippen MR) is 91.2 cm³/mol. The average molecular weight is 338 g/mol. The molecule has 2 aliphatic rings. The van der Waals surface area contributed by atoms with Gasteiger partial charge in [0.15, 0.2) is 0 Å². The van der Waals surface area contributed by atoms with Crippen LogP contribution in [0.2, 0.25) is 0 Å². The second-order valence-corrected chi connectivity index (χ2v) is 7.33. The van der Waals surface area contributed by atoms with Crippen LogP contribution in [0.5, 0.6) is 0 Å². The van der Waals surface area contributed by atoms with Gasteiger partial charge in [0, 0.05) is 26.1 Å². The molecule has 2 aliphatic heterocycles. The maximum Gasteiger partial charge on any atom is 0.123 e. The van der Waals surface area contributed by atoms with Gasteiger partial charge in [-0.2, -0.15) is 0 Å². The number of piperidine rings is 1. The molecule has 24 heavy (non-hydrogen) atoms. The van der Waals surface area contributed by atoms with Crippen molar-refractivity contribution in [2.24, 2.45) is 11.7 Å². The second-order valence-electron chi connectivity index (χ2n) is 7.33. The molecule has 134 valence electrons. The van der Waals surface area contributed by atoms with Crippen LogP contribution in [-0.2, 0) is 11.2 Å². The number of benzene rings is 1. The van der Waals surface area contributed by atoms with Gasteiger partial charge >= 0.3 is 0 Å². The Morgan fingerprint density at radius 2 is 2.17 bits per heavy atom. The van der Waals surface area contributed by atoms with E-state index in [2.05, 4.69) is 4.90 Å². The van der Waals surface area contributed by atoms with Crippen LogP contribution < -0.4 is 5.73 Å². The van der Waals surface area contributed by atoms with Gasteiger partial charge in [-0.15, -0.1) is 0 Å². The summed E-state index contributed by atoms with van der Waals surface area (Å²) in [7, 11) is 0. The van der Waals surface area contributed by atoms with Gasteiger partial charge in [0.25, 0.3) is 0 Å². The fourth-order valence-electron chi connectivity index (χ4n) is 3.98. The third-order valence-electron chi connectivity index (χ3n) is 5.43. The fourth-order valence-corrected chi connectivity index (χ4v) is 3.98. The Morgan fingerprint density at radius 3 is 2.96 bits per heavy atom. The van der Waals surface area contributed by atoms with Crippen molar-refractivity contribution in [1.29, 1.82) is 0 Å². The maximum atomic E-state index is 13.8. The molecule has 1 aromatic rings. The number of hydrogen-bond acceptors (Lipinski definition) is 3. The van der Waals surface area contributed by atoms with Crippen LogP contribution in [0.15, 0.2) is 18.2 Å². The summed E-state index contributed by atoms with van der Waals surface area (Å²) >= 11 is 0. The molecule has 1 unspecified atom stereocenters. The third kappa shape index (κ3) is 4.32. The van der Waals surface area contributed by atoms with Gasteiger partial charge in [-0.3, -0.25) is 0 Å². The van der Waals surface area contributed by atoms with Crippen LogP contribution in [-0.4, -0.2) is 49.5 Å². The van der Waals surface area contributed by atoms with Crippen LogP contribution in [0, 0.1) is 18.7 Å². The highest BCUT2D eigenvalue weighted by Crippen LogP contribution is 2.24. The van der Waals surface area contributed by atoms with Crippen molar-refractivity contribution in [1.82, 2.24) is 4.90 Å². The fraction of sp³-hybridized carbons (Fsp3) is 0.684. The first-order chi connectivity index (χ1) is 11.5. The lowest BCUT2D eigenvalue weighted by molar-refractivity contribution is -0.0534. The number of rotatable bonds is 4. The van der Waals surface area contributed by atoms with E-state index in [9.17, 15) is 8.78 Å². The summed E-state index contributed by atoms with van der Waals surface area (Å²) in [5.74, 6) is 0.370. The molecule has 2 saturated heterocycles. The average Bonchev–Trinajstić information content (AvgIpc) is 2.55. The van der Waals surface area contributed by atoms with E-state index in [4.69, 9.17) is 10.5 Å². The molecule has 5 heteroatoms. The van der Waals surface area contributed by atoms with Crippen molar-refractivity contribution in [2.75, 3.05) is 26.2 Å². The van der Waals surface area contributed by atoms with E-state index in [0.717, 1.165) is 31.5 Å². The van der Waals surface area contributed by atoms with E-state index >= 15 is 0 Å². The van der Waals surface area contributed by atoms with Crippen LogP contribution in [0.3, 0.4) is 0 Å². The highest BCUT2D eigenvalue weighted by Gasteiger charge is 2.33. The minimum Gasteiger partial charge on any atom is -0.375 e. The van der Waals surface area contributed by atoms with Crippen LogP contribution in [0.25, 0.3) is 0 Å². The monoisotopic (exact) mass is 338 g/mol. The SMILES string of the molecule is Cc1cc(F)ccc1CC1CCCN(C[C@H]2OCC[C@H](F)[C@H]2N)C1. The molecule has 0 amide bonds. The maximum absolute atomic E-state index is 13.8. The Labute approximate surface area is 143 Å². The van der Waals surface area contributed by atoms with Crippen molar-refractivity contribution >= 4 is 0 Å². The molecule has 2 N–H and O–H groups in total. The summed E-state index contributed by atoms with van der Waals surface area (Å²) < 4.78 is 32.7. The van der Waals surface area contributed by atoms with Gasteiger partial charge in [0.1, 0.15) is 12.0 Å². The summed E-state index contributed by atoms with van der Waals surface area (Å²) in [6.07, 6.45) is 2.52.